The molecule has 4 rings (SSSR count). The van der Waals surface area contributed by atoms with Crippen LogP contribution in [-0.2, 0) is 0 Å². The number of thioether (sulfide) groups is 1. The van der Waals surface area contributed by atoms with Crippen LogP contribution < -0.4 is 14.8 Å². The Bertz CT molecular complexity index is 938. The van der Waals surface area contributed by atoms with Crippen molar-refractivity contribution < 1.29 is 14.3 Å². The van der Waals surface area contributed by atoms with E-state index in [9.17, 15) is 4.79 Å². The maximum atomic E-state index is 12.6. The summed E-state index contributed by atoms with van der Waals surface area (Å²) in [5.41, 5.74) is 3.44. The number of methoxy groups -OCH3 is 2. The molecule has 1 N–H and O–H groups in total. The Morgan fingerprint density at radius 3 is 2.70 bits per heavy atom. The van der Waals surface area contributed by atoms with Gasteiger partial charge in [-0.25, -0.2) is 0 Å². The SMILES string of the molecule is COc1ccc(C(=O)Nc2ccc(C3=CSC4=NCCN34)cc2)c(OC)c1. The first-order valence-electron chi connectivity index (χ1n) is 8.52. The summed E-state index contributed by atoms with van der Waals surface area (Å²) in [6, 6.07) is 12.9. The lowest BCUT2D eigenvalue weighted by Gasteiger charge is -2.17. The molecule has 27 heavy (non-hydrogen) atoms. The Morgan fingerprint density at radius 1 is 1.15 bits per heavy atom. The van der Waals surface area contributed by atoms with Crippen LogP contribution in [0.2, 0.25) is 0 Å². The third-order valence-corrected chi connectivity index (χ3v) is 5.36. The largest absolute Gasteiger partial charge is 0.497 e. The zero-order valence-electron chi connectivity index (χ0n) is 15.1. The fourth-order valence-corrected chi connectivity index (χ4v) is 4.02. The summed E-state index contributed by atoms with van der Waals surface area (Å²) < 4.78 is 10.5. The molecule has 0 unspecified atom stereocenters. The summed E-state index contributed by atoms with van der Waals surface area (Å²) in [6.07, 6.45) is 0. The van der Waals surface area contributed by atoms with Crippen molar-refractivity contribution >= 4 is 34.2 Å². The first kappa shape index (κ1) is 17.5. The van der Waals surface area contributed by atoms with Gasteiger partial charge in [0.25, 0.3) is 5.91 Å². The lowest BCUT2D eigenvalue weighted by atomic mass is 10.1. The lowest BCUT2D eigenvalue weighted by Crippen LogP contribution is -2.19. The minimum atomic E-state index is -0.230. The van der Waals surface area contributed by atoms with Gasteiger partial charge in [0.15, 0.2) is 5.17 Å². The number of carbonyl (C=O) groups is 1. The van der Waals surface area contributed by atoms with E-state index in [0.29, 0.717) is 17.1 Å². The van der Waals surface area contributed by atoms with Gasteiger partial charge in [0, 0.05) is 23.7 Å². The molecule has 2 aromatic carbocycles. The molecule has 1 amide bonds. The molecule has 0 aromatic heterocycles. The van der Waals surface area contributed by atoms with Crippen LogP contribution in [0, 0.1) is 0 Å². The summed E-state index contributed by atoms with van der Waals surface area (Å²) in [5.74, 6) is 0.879. The molecule has 7 heteroatoms. The van der Waals surface area contributed by atoms with E-state index in [2.05, 4.69) is 20.6 Å². The minimum Gasteiger partial charge on any atom is -0.497 e. The van der Waals surface area contributed by atoms with E-state index in [-0.39, 0.29) is 5.91 Å². The van der Waals surface area contributed by atoms with Gasteiger partial charge in [0.2, 0.25) is 0 Å². The number of anilines is 1. The van der Waals surface area contributed by atoms with Crippen LogP contribution in [0.4, 0.5) is 5.69 Å². The number of amides is 1. The average Bonchev–Trinajstić information content (AvgIpc) is 3.32. The summed E-state index contributed by atoms with van der Waals surface area (Å²) in [6.45, 7) is 1.77. The molecule has 0 fully saturated rings. The molecule has 0 aliphatic carbocycles. The molecule has 0 bridgehead atoms. The van der Waals surface area contributed by atoms with Crippen LogP contribution >= 0.6 is 11.8 Å². The number of hydrogen-bond donors (Lipinski definition) is 1. The normalized spacial score (nSPS) is 15.1. The number of nitrogens with zero attached hydrogens (tertiary/aromatic N) is 2. The predicted octanol–water partition coefficient (Wildman–Crippen LogP) is 3.67. The molecule has 0 saturated carbocycles. The van der Waals surface area contributed by atoms with Gasteiger partial charge in [-0.05, 0) is 29.8 Å². The van der Waals surface area contributed by atoms with Gasteiger partial charge in [0.1, 0.15) is 11.5 Å². The van der Waals surface area contributed by atoms with Gasteiger partial charge in [-0.15, -0.1) is 0 Å². The van der Waals surface area contributed by atoms with Gasteiger partial charge in [0.05, 0.1) is 32.0 Å². The van der Waals surface area contributed by atoms with Gasteiger partial charge < -0.3 is 19.7 Å². The zero-order chi connectivity index (χ0) is 18.8. The van der Waals surface area contributed by atoms with E-state index in [4.69, 9.17) is 9.47 Å². The highest BCUT2D eigenvalue weighted by Crippen LogP contribution is 2.35. The molecule has 6 nitrogen and oxygen atoms in total. The van der Waals surface area contributed by atoms with Crippen LogP contribution in [-0.4, -0.2) is 43.3 Å². The standard InChI is InChI=1S/C20H19N3O3S/c1-25-15-7-8-16(18(11-15)26-2)19(24)22-14-5-3-13(4-6-14)17-12-27-20-21-9-10-23(17)20/h3-8,11-12H,9-10H2,1-2H3,(H,22,24). The molecular formula is C20H19N3O3S. The minimum absolute atomic E-state index is 0.230. The Labute approximate surface area is 161 Å². The van der Waals surface area contributed by atoms with Crippen molar-refractivity contribution in [3.8, 4) is 11.5 Å². The summed E-state index contributed by atoms with van der Waals surface area (Å²) in [4.78, 5) is 19.3. The van der Waals surface area contributed by atoms with Crippen molar-refractivity contribution in [1.82, 2.24) is 4.90 Å². The van der Waals surface area contributed by atoms with Crippen molar-refractivity contribution in [3.63, 3.8) is 0 Å². The second kappa shape index (κ2) is 7.36. The number of rotatable bonds is 5. The van der Waals surface area contributed by atoms with Crippen molar-refractivity contribution in [2.75, 3.05) is 32.6 Å². The van der Waals surface area contributed by atoms with Gasteiger partial charge in [-0.1, -0.05) is 23.9 Å². The monoisotopic (exact) mass is 381 g/mol. The topological polar surface area (TPSA) is 63.2 Å². The molecule has 2 aliphatic rings. The van der Waals surface area contributed by atoms with Crippen molar-refractivity contribution in [1.29, 1.82) is 0 Å². The average molecular weight is 381 g/mol. The number of carbonyl (C=O) groups excluding carboxylic acids is 1. The first-order valence-corrected chi connectivity index (χ1v) is 9.40. The maximum absolute atomic E-state index is 12.6. The molecule has 0 radical (unpaired) electrons. The van der Waals surface area contributed by atoms with Gasteiger partial charge in [-0.2, -0.15) is 0 Å². The number of amidine groups is 1. The van der Waals surface area contributed by atoms with Crippen LogP contribution in [0.5, 0.6) is 11.5 Å². The Balaban J connectivity index is 1.49. The summed E-state index contributed by atoms with van der Waals surface area (Å²) >= 11 is 1.66. The third kappa shape index (κ3) is 3.38. The highest BCUT2D eigenvalue weighted by atomic mass is 32.2. The van der Waals surface area contributed by atoms with Gasteiger partial charge >= 0.3 is 0 Å². The Hall–Kier alpha value is -2.93. The van der Waals surface area contributed by atoms with E-state index in [1.165, 1.54) is 7.11 Å². The molecule has 2 aromatic rings. The van der Waals surface area contributed by atoms with Crippen LogP contribution in [0.3, 0.4) is 0 Å². The van der Waals surface area contributed by atoms with Gasteiger partial charge in [-0.3, -0.25) is 9.79 Å². The number of nitrogens with one attached hydrogen (secondary N) is 1. The second-order valence-electron chi connectivity index (χ2n) is 6.03. The highest BCUT2D eigenvalue weighted by molar-refractivity contribution is 8.16. The smallest absolute Gasteiger partial charge is 0.259 e. The van der Waals surface area contributed by atoms with Crippen LogP contribution in [0.15, 0.2) is 52.9 Å². The lowest BCUT2D eigenvalue weighted by molar-refractivity contribution is 0.102. The zero-order valence-corrected chi connectivity index (χ0v) is 15.9. The molecule has 0 atom stereocenters. The van der Waals surface area contributed by atoms with E-state index in [1.54, 1.807) is 37.1 Å². The highest BCUT2D eigenvalue weighted by Gasteiger charge is 2.26. The Kier molecular flexibility index (Phi) is 4.77. The molecular weight excluding hydrogens is 362 g/mol. The molecule has 0 spiro atoms. The number of aliphatic imine (C=N–C) groups is 1. The van der Waals surface area contributed by atoms with E-state index in [0.717, 1.165) is 35.2 Å². The fraction of sp³-hybridized carbons (Fsp3) is 0.200. The van der Waals surface area contributed by atoms with E-state index in [1.807, 2.05) is 24.3 Å². The second-order valence-corrected chi connectivity index (χ2v) is 6.87. The molecule has 2 aliphatic heterocycles. The number of benzene rings is 2. The maximum Gasteiger partial charge on any atom is 0.259 e. The van der Waals surface area contributed by atoms with Crippen LogP contribution in [0.1, 0.15) is 15.9 Å². The third-order valence-electron chi connectivity index (χ3n) is 4.46. The number of hydrogen-bond acceptors (Lipinski definition) is 6. The predicted molar refractivity (Wildman–Crippen MR) is 109 cm³/mol. The summed E-state index contributed by atoms with van der Waals surface area (Å²) in [7, 11) is 3.11. The molecule has 2 heterocycles. The molecule has 138 valence electrons. The first-order chi connectivity index (χ1) is 13.2. The van der Waals surface area contributed by atoms with E-state index < -0.39 is 0 Å². The van der Waals surface area contributed by atoms with Crippen molar-refractivity contribution in [3.05, 3.63) is 59.0 Å². The van der Waals surface area contributed by atoms with Crippen molar-refractivity contribution in [2.45, 2.75) is 0 Å². The quantitative estimate of drug-likeness (QED) is 0.856. The fourth-order valence-electron chi connectivity index (χ4n) is 3.06. The van der Waals surface area contributed by atoms with Crippen LogP contribution in [0.25, 0.3) is 5.70 Å². The van der Waals surface area contributed by atoms with Crippen molar-refractivity contribution in [2.24, 2.45) is 4.99 Å². The summed E-state index contributed by atoms with van der Waals surface area (Å²) in [5, 5.41) is 6.10. The number of fused-ring (bicyclic) bond motifs is 1. The van der Waals surface area contributed by atoms with E-state index >= 15 is 0 Å². The number of ether oxygens (including phenoxy) is 2. The molecule has 0 saturated heterocycles. The Morgan fingerprint density at radius 2 is 1.96 bits per heavy atom.